The minimum Gasteiger partial charge on any atom is -0.490 e. The Hall–Kier alpha value is -4.90. The highest BCUT2D eigenvalue weighted by atomic mass is 35.5. The lowest BCUT2D eigenvalue weighted by atomic mass is 10.2. The molecule has 208 valence electrons. The van der Waals surface area contributed by atoms with Crippen LogP contribution in [0.25, 0.3) is 0 Å². The molecule has 0 aliphatic rings. The fourth-order valence-electron chi connectivity index (χ4n) is 3.15. The molecule has 10 nitrogen and oxygen atoms in total. The van der Waals surface area contributed by atoms with Crippen LogP contribution in [0.4, 0.5) is 15.8 Å². The highest BCUT2D eigenvalue weighted by Crippen LogP contribution is 2.36. The summed E-state index contributed by atoms with van der Waals surface area (Å²) >= 11 is 6.34. The fraction of sp³-hybridized carbons (Fsp3) is 0.143. The largest absolute Gasteiger partial charge is 0.490 e. The molecule has 0 heterocycles. The first-order valence-electron chi connectivity index (χ1n) is 11.9. The predicted molar refractivity (Wildman–Crippen MR) is 150 cm³/mol. The fourth-order valence-corrected chi connectivity index (χ4v) is 3.42. The summed E-state index contributed by atoms with van der Waals surface area (Å²) in [5, 5.41) is 8.73. The second kappa shape index (κ2) is 14.9. The summed E-state index contributed by atoms with van der Waals surface area (Å²) in [7, 11) is 0. The quantitative estimate of drug-likeness (QED) is 0.127. The first kappa shape index (κ1) is 29.7. The molecule has 0 unspecified atom stereocenters. The number of hydrogen-bond donors (Lipinski definition) is 3. The first-order chi connectivity index (χ1) is 19.3. The average molecular weight is 569 g/mol. The van der Waals surface area contributed by atoms with Crippen LogP contribution in [0.15, 0.2) is 78.4 Å². The van der Waals surface area contributed by atoms with E-state index in [4.69, 9.17) is 25.8 Å². The van der Waals surface area contributed by atoms with Crippen molar-refractivity contribution in [2.75, 3.05) is 30.5 Å². The maximum atomic E-state index is 13.8. The molecular weight excluding hydrogens is 543 g/mol. The van der Waals surface area contributed by atoms with Crippen LogP contribution < -0.4 is 30.3 Å². The van der Waals surface area contributed by atoms with Gasteiger partial charge in [0.15, 0.2) is 18.1 Å². The zero-order valence-electron chi connectivity index (χ0n) is 21.4. The summed E-state index contributed by atoms with van der Waals surface area (Å²) < 4.78 is 30.2. The average Bonchev–Trinajstić information content (AvgIpc) is 2.93. The van der Waals surface area contributed by atoms with Gasteiger partial charge in [-0.3, -0.25) is 14.4 Å². The number of halogens is 2. The number of nitrogens with one attached hydrogen (secondary N) is 3. The molecule has 0 spiro atoms. The van der Waals surface area contributed by atoms with Crippen LogP contribution in [0.5, 0.6) is 17.2 Å². The molecule has 3 aromatic carbocycles. The van der Waals surface area contributed by atoms with Crippen molar-refractivity contribution in [3.8, 4) is 17.2 Å². The molecule has 0 aliphatic carbocycles. The lowest BCUT2D eigenvalue weighted by molar-refractivity contribution is -0.136. The Balaban J connectivity index is 1.58. The van der Waals surface area contributed by atoms with Crippen molar-refractivity contribution >= 4 is 46.9 Å². The van der Waals surface area contributed by atoms with Crippen molar-refractivity contribution in [1.82, 2.24) is 5.43 Å². The van der Waals surface area contributed by atoms with E-state index in [1.165, 1.54) is 36.5 Å². The highest BCUT2D eigenvalue weighted by molar-refractivity contribution is 6.39. The summed E-state index contributed by atoms with van der Waals surface area (Å²) in [5.41, 5.74) is 2.94. The number of amides is 3. The number of ether oxygens (including phenoxy) is 3. The van der Waals surface area contributed by atoms with Crippen molar-refractivity contribution < 1.29 is 33.0 Å². The van der Waals surface area contributed by atoms with E-state index in [0.29, 0.717) is 23.6 Å². The Morgan fingerprint density at radius 3 is 2.45 bits per heavy atom. The molecule has 0 radical (unpaired) electrons. The molecule has 0 aromatic heterocycles. The van der Waals surface area contributed by atoms with E-state index in [1.54, 1.807) is 43.3 Å². The summed E-state index contributed by atoms with van der Waals surface area (Å²) in [5.74, 6) is -2.23. The minimum absolute atomic E-state index is 0.0151. The normalized spacial score (nSPS) is 10.5. The third-order valence-electron chi connectivity index (χ3n) is 4.89. The Labute approximate surface area is 234 Å². The number of hydrogen-bond acceptors (Lipinski definition) is 7. The maximum Gasteiger partial charge on any atom is 0.329 e. The summed E-state index contributed by atoms with van der Waals surface area (Å²) in [6.45, 7) is 5.44. The van der Waals surface area contributed by atoms with Gasteiger partial charge >= 0.3 is 11.8 Å². The summed E-state index contributed by atoms with van der Waals surface area (Å²) in [6, 6.07) is 15.1. The Bertz CT molecular complexity index is 1400. The van der Waals surface area contributed by atoms with Crippen LogP contribution in [0.1, 0.15) is 12.5 Å². The van der Waals surface area contributed by atoms with Gasteiger partial charge in [0, 0.05) is 5.69 Å². The number of para-hydroxylation sites is 1. The summed E-state index contributed by atoms with van der Waals surface area (Å²) in [4.78, 5) is 36.5. The van der Waals surface area contributed by atoms with Gasteiger partial charge in [0.25, 0.3) is 5.91 Å². The Morgan fingerprint density at radius 2 is 1.75 bits per heavy atom. The van der Waals surface area contributed by atoms with Gasteiger partial charge in [-0.05, 0) is 61.0 Å². The van der Waals surface area contributed by atoms with Crippen LogP contribution in [-0.4, -0.2) is 43.8 Å². The molecule has 3 aromatic rings. The number of nitrogens with zero attached hydrogens (tertiary/aromatic N) is 1. The zero-order valence-corrected chi connectivity index (χ0v) is 22.2. The van der Waals surface area contributed by atoms with E-state index in [-0.39, 0.29) is 28.8 Å². The lowest BCUT2D eigenvalue weighted by Crippen LogP contribution is -2.32. The third kappa shape index (κ3) is 8.84. The van der Waals surface area contributed by atoms with Crippen molar-refractivity contribution in [3.05, 3.63) is 89.7 Å². The van der Waals surface area contributed by atoms with Crippen molar-refractivity contribution in [2.45, 2.75) is 6.92 Å². The zero-order chi connectivity index (χ0) is 28.9. The van der Waals surface area contributed by atoms with E-state index in [9.17, 15) is 18.8 Å². The number of anilines is 2. The SMILES string of the molecule is C=CCOc1ccc(NC(=O)C(=O)N/N=C\c2cc(Cl)c(OCC(=O)Nc3ccccc3F)c(OCC)c2)cc1. The molecule has 0 aliphatic heterocycles. The van der Waals surface area contributed by atoms with Gasteiger partial charge in [0.1, 0.15) is 18.2 Å². The minimum atomic E-state index is -1.000. The molecular formula is C28H26ClFN4O6. The van der Waals surface area contributed by atoms with Gasteiger partial charge in [-0.2, -0.15) is 5.10 Å². The van der Waals surface area contributed by atoms with E-state index < -0.39 is 30.1 Å². The van der Waals surface area contributed by atoms with Crippen molar-refractivity contribution in [1.29, 1.82) is 0 Å². The van der Waals surface area contributed by atoms with Gasteiger partial charge in [0.2, 0.25) is 0 Å². The number of hydrazone groups is 1. The standard InChI is InChI=1S/C28H26ClFN4O6/c1-3-13-39-20-11-9-19(10-12-20)32-27(36)28(37)34-31-16-18-14-21(29)26(24(15-18)38-4-2)40-17-25(35)33-23-8-6-5-7-22(23)30/h3,5-12,14-16H,1,4,13,17H2,2H3,(H,32,36)(H,33,35)(H,34,37)/b31-16-. The van der Waals surface area contributed by atoms with Crippen LogP contribution in [0.2, 0.25) is 5.02 Å². The topological polar surface area (TPSA) is 127 Å². The molecule has 0 atom stereocenters. The predicted octanol–water partition coefficient (Wildman–Crippen LogP) is 4.55. The molecule has 0 saturated carbocycles. The smallest absolute Gasteiger partial charge is 0.329 e. The maximum absolute atomic E-state index is 13.8. The molecule has 3 rings (SSSR count). The van der Waals surface area contributed by atoms with Gasteiger partial charge < -0.3 is 24.8 Å². The van der Waals surface area contributed by atoms with Crippen molar-refractivity contribution in [2.24, 2.45) is 5.10 Å². The molecule has 40 heavy (non-hydrogen) atoms. The second-order valence-corrected chi connectivity index (χ2v) is 8.26. The van der Waals surface area contributed by atoms with E-state index in [0.717, 1.165) is 0 Å². The van der Waals surface area contributed by atoms with Gasteiger partial charge in [-0.25, -0.2) is 9.82 Å². The van der Waals surface area contributed by atoms with Crippen LogP contribution in [0, 0.1) is 5.82 Å². The Morgan fingerprint density at radius 1 is 1.00 bits per heavy atom. The van der Waals surface area contributed by atoms with Crippen LogP contribution >= 0.6 is 11.6 Å². The lowest BCUT2D eigenvalue weighted by Gasteiger charge is -2.14. The second-order valence-electron chi connectivity index (χ2n) is 7.86. The summed E-state index contributed by atoms with van der Waals surface area (Å²) in [6.07, 6.45) is 2.85. The van der Waals surface area contributed by atoms with Crippen LogP contribution in [-0.2, 0) is 14.4 Å². The first-order valence-corrected chi connectivity index (χ1v) is 12.3. The molecule has 0 saturated heterocycles. The molecule has 3 N–H and O–H groups in total. The number of rotatable bonds is 12. The molecule has 0 bridgehead atoms. The molecule has 12 heteroatoms. The van der Waals surface area contributed by atoms with E-state index >= 15 is 0 Å². The number of carbonyl (C=O) groups is 3. The van der Waals surface area contributed by atoms with Gasteiger partial charge in [0.05, 0.1) is 23.5 Å². The van der Waals surface area contributed by atoms with Gasteiger partial charge in [-0.1, -0.05) is 36.4 Å². The number of benzene rings is 3. The molecule has 3 amide bonds. The van der Waals surface area contributed by atoms with Crippen LogP contribution in [0.3, 0.4) is 0 Å². The van der Waals surface area contributed by atoms with E-state index in [2.05, 4.69) is 27.7 Å². The van der Waals surface area contributed by atoms with Gasteiger partial charge in [-0.15, -0.1) is 0 Å². The van der Waals surface area contributed by atoms with E-state index in [1.807, 2.05) is 0 Å². The highest BCUT2D eigenvalue weighted by Gasteiger charge is 2.16. The third-order valence-corrected chi connectivity index (χ3v) is 5.17. The molecule has 0 fully saturated rings. The monoisotopic (exact) mass is 568 g/mol. The van der Waals surface area contributed by atoms with Crippen molar-refractivity contribution in [3.63, 3.8) is 0 Å². The Kier molecular flexibility index (Phi) is 11.0. The number of carbonyl (C=O) groups excluding carboxylic acids is 3.